The van der Waals surface area contributed by atoms with Crippen LogP contribution in [0, 0.1) is 23.7 Å². The van der Waals surface area contributed by atoms with Crippen molar-refractivity contribution in [3.05, 3.63) is 34.9 Å². The summed E-state index contributed by atoms with van der Waals surface area (Å²) in [5.74, 6) is 2.85. The summed E-state index contributed by atoms with van der Waals surface area (Å²) >= 11 is 6.31. The van der Waals surface area contributed by atoms with Crippen LogP contribution in [0.1, 0.15) is 37.7 Å². The summed E-state index contributed by atoms with van der Waals surface area (Å²) in [5, 5.41) is 11.9. The lowest BCUT2D eigenvalue weighted by molar-refractivity contribution is -0.0511. The van der Waals surface area contributed by atoms with Gasteiger partial charge < -0.3 is 5.11 Å². The van der Waals surface area contributed by atoms with E-state index in [1.54, 1.807) is 0 Å². The van der Waals surface area contributed by atoms with Crippen molar-refractivity contribution in [2.24, 2.45) is 23.7 Å². The highest BCUT2D eigenvalue weighted by molar-refractivity contribution is 6.31. The van der Waals surface area contributed by atoms with Crippen LogP contribution in [0.4, 0.5) is 0 Å². The largest absolute Gasteiger partial charge is 0.385 e. The van der Waals surface area contributed by atoms with Gasteiger partial charge in [-0.05, 0) is 55.4 Å². The molecule has 0 aromatic heterocycles. The van der Waals surface area contributed by atoms with Crippen LogP contribution in [0.3, 0.4) is 0 Å². The minimum Gasteiger partial charge on any atom is -0.385 e. The fourth-order valence-electron chi connectivity index (χ4n) is 5.23. The number of aliphatic hydroxyl groups is 1. The molecule has 3 saturated carbocycles. The molecule has 1 aromatic rings. The molecular formula is C16H19ClO. The van der Waals surface area contributed by atoms with Gasteiger partial charge in [-0.15, -0.1) is 0 Å². The van der Waals surface area contributed by atoms with Crippen LogP contribution in [0.2, 0.25) is 5.02 Å². The van der Waals surface area contributed by atoms with Crippen molar-refractivity contribution < 1.29 is 5.11 Å². The number of rotatable bonds is 1. The number of halogens is 1. The second-order valence-corrected chi connectivity index (χ2v) is 6.88. The molecular weight excluding hydrogens is 244 g/mol. The highest BCUT2D eigenvalue weighted by Gasteiger charge is 2.61. The molecule has 18 heavy (non-hydrogen) atoms. The summed E-state index contributed by atoms with van der Waals surface area (Å²) in [7, 11) is 0. The minimum absolute atomic E-state index is 0.454. The maximum atomic E-state index is 11.2. The second kappa shape index (κ2) is 3.74. The van der Waals surface area contributed by atoms with Crippen LogP contribution in [0.5, 0.6) is 0 Å². The van der Waals surface area contributed by atoms with Crippen molar-refractivity contribution in [2.45, 2.75) is 37.7 Å². The molecule has 2 bridgehead atoms. The summed E-state index contributed by atoms with van der Waals surface area (Å²) < 4.78 is 0. The van der Waals surface area contributed by atoms with Crippen LogP contribution in [0.25, 0.3) is 0 Å². The molecule has 0 saturated heterocycles. The average molecular weight is 263 g/mol. The average Bonchev–Trinajstić information content (AvgIpc) is 2.99. The first-order chi connectivity index (χ1) is 8.70. The van der Waals surface area contributed by atoms with Gasteiger partial charge in [-0.25, -0.2) is 0 Å². The number of benzene rings is 1. The second-order valence-electron chi connectivity index (χ2n) is 6.47. The maximum absolute atomic E-state index is 11.2. The van der Waals surface area contributed by atoms with E-state index in [1.807, 2.05) is 24.3 Å². The van der Waals surface area contributed by atoms with E-state index in [0.29, 0.717) is 5.92 Å². The van der Waals surface area contributed by atoms with Crippen molar-refractivity contribution >= 4 is 11.6 Å². The molecule has 1 aromatic carbocycles. The molecule has 3 aliphatic rings. The van der Waals surface area contributed by atoms with Crippen LogP contribution in [0.15, 0.2) is 24.3 Å². The molecule has 96 valence electrons. The van der Waals surface area contributed by atoms with E-state index >= 15 is 0 Å². The normalized spacial score (nSPS) is 45.4. The van der Waals surface area contributed by atoms with Crippen LogP contribution in [-0.2, 0) is 5.60 Å². The summed E-state index contributed by atoms with van der Waals surface area (Å²) in [5.41, 5.74) is 0.332. The predicted octanol–water partition coefficient (Wildman–Crippen LogP) is 3.98. The Hall–Kier alpha value is -0.530. The summed E-state index contributed by atoms with van der Waals surface area (Å²) in [6.45, 7) is 0. The Morgan fingerprint density at radius 1 is 1.17 bits per heavy atom. The Morgan fingerprint density at radius 3 is 2.78 bits per heavy atom. The molecule has 0 aliphatic heterocycles. The smallest absolute Gasteiger partial charge is 0.0944 e. The minimum atomic E-state index is -0.644. The number of fused-ring (bicyclic) bond motifs is 5. The molecule has 5 atom stereocenters. The van der Waals surface area contributed by atoms with Gasteiger partial charge in [-0.1, -0.05) is 36.2 Å². The predicted molar refractivity (Wildman–Crippen MR) is 72.4 cm³/mol. The van der Waals surface area contributed by atoms with E-state index < -0.39 is 5.60 Å². The van der Waals surface area contributed by atoms with Crippen LogP contribution < -0.4 is 0 Å². The zero-order valence-corrected chi connectivity index (χ0v) is 11.2. The molecule has 1 N–H and O–H groups in total. The van der Waals surface area contributed by atoms with Crippen molar-refractivity contribution in [1.29, 1.82) is 0 Å². The monoisotopic (exact) mass is 262 g/mol. The molecule has 0 radical (unpaired) electrons. The van der Waals surface area contributed by atoms with Gasteiger partial charge in [-0.3, -0.25) is 0 Å². The quantitative estimate of drug-likeness (QED) is 0.812. The van der Waals surface area contributed by atoms with Gasteiger partial charge in [0.15, 0.2) is 0 Å². The van der Waals surface area contributed by atoms with Crippen molar-refractivity contribution in [3.8, 4) is 0 Å². The summed E-state index contributed by atoms with van der Waals surface area (Å²) in [6, 6.07) is 7.87. The molecule has 0 amide bonds. The Labute approximate surface area is 113 Å². The van der Waals surface area contributed by atoms with E-state index in [4.69, 9.17) is 11.6 Å². The molecule has 0 spiro atoms. The van der Waals surface area contributed by atoms with E-state index in [9.17, 15) is 5.11 Å². The fourth-order valence-corrected chi connectivity index (χ4v) is 5.53. The van der Waals surface area contributed by atoms with Crippen molar-refractivity contribution in [1.82, 2.24) is 0 Å². The third kappa shape index (κ3) is 1.32. The van der Waals surface area contributed by atoms with Gasteiger partial charge in [0, 0.05) is 10.6 Å². The lowest BCUT2D eigenvalue weighted by atomic mass is 9.70. The van der Waals surface area contributed by atoms with E-state index in [2.05, 4.69) is 0 Å². The SMILES string of the molecule is OC1(c2ccccc2Cl)CC2CC1C1CCCC21. The molecule has 4 rings (SSSR count). The highest BCUT2D eigenvalue weighted by Crippen LogP contribution is 2.65. The Kier molecular flexibility index (Phi) is 2.35. The summed E-state index contributed by atoms with van der Waals surface area (Å²) in [4.78, 5) is 0. The van der Waals surface area contributed by atoms with Gasteiger partial charge in [0.25, 0.3) is 0 Å². The third-order valence-corrected chi connectivity index (χ3v) is 6.16. The molecule has 5 unspecified atom stereocenters. The van der Waals surface area contributed by atoms with Crippen molar-refractivity contribution in [2.75, 3.05) is 0 Å². The lowest BCUT2D eigenvalue weighted by Gasteiger charge is -2.39. The Balaban J connectivity index is 1.76. The lowest BCUT2D eigenvalue weighted by Crippen LogP contribution is -2.39. The third-order valence-electron chi connectivity index (χ3n) is 5.83. The zero-order chi connectivity index (χ0) is 12.3. The highest BCUT2D eigenvalue weighted by atomic mass is 35.5. The van der Waals surface area contributed by atoms with E-state index in [0.717, 1.165) is 34.8 Å². The zero-order valence-electron chi connectivity index (χ0n) is 10.5. The Bertz CT molecular complexity index is 486. The molecule has 3 aliphatic carbocycles. The Morgan fingerprint density at radius 2 is 1.94 bits per heavy atom. The van der Waals surface area contributed by atoms with Gasteiger partial charge in [0.2, 0.25) is 0 Å². The van der Waals surface area contributed by atoms with E-state index in [1.165, 1.54) is 25.7 Å². The van der Waals surface area contributed by atoms with Crippen LogP contribution in [-0.4, -0.2) is 5.11 Å². The standard InChI is InChI=1S/C16H19ClO/c17-15-7-2-1-6-13(15)16(18)9-10-8-14(16)12-5-3-4-11(10)12/h1-2,6-7,10-12,14,18H,3-5,8-9H2. The van der Waals surface area contributed by atoms with Gasteiger partial charge >= 0.3 is 0 Å². The number of hydrogen-bond donors (Lipinski definition) is 1. The number of hydrogen-bond acceptors (Lipinski definition) is 1. The first-order valence-electron chi connectivity index (χ1n) is 7.17. The van der Waals surface area contributed by atoms with Gasteiger partial charge in [0.1, 0.15) is 0 Å². The molecule has 1 nitrogen and oxygen atoms in total. The fraction of sp³-hybridized carbons (Fsp3) is 0.625. The van der Waals surface area contributed by atoms with E-state index in [-0.39, 0.29) is 0 Å². The molecule has 3 fully saturated rings. The molecule has 2 heteroatoms. The van der Waals surface area contributed by atoms with Gasteiger partial charge in [-0.2, -0.15) is 0 Å². The van der Waals surface area contributed by atoms with Gasteiger partial charge in [0.05, 0.1) is 5.60 Å². The first-order valence-corrected chi connectivity index (χ1v) is 7.55. The van der Waals surface area contributed by atoms with Crippen LogP contribution >= 0.6 is 11.6 Å². The van der Waals surface area contributed by atoms with Crippen molar-refractivity contribution in [3.63, 3.8) is 0 Å². The first kappa shape index (κ1) is 11.3. The topological polar surface area (TPSA) is 20.2 Å². The summed E-state index contributed by atoms with van der Waals surface area (Å²) in [6.07, 6.45) is 6.23. The molecule has 0 heterocycles. The maximum Gasteiger partial charge on any atom is 0.0944 e.